The standard InChI is InChI=1S/C12H13ClFN3O/c1-6(2)10(15)11-16-12(18-17-11)7-4-3-5-8(14)9(7)13/h3-6,10H,15H2,1-2H3. The van der Waals surface area contributed by atoms with Crippen molar-refractivity contribution in [2.24, 2.45) is 11.7 Å². The number of halogens is 2. The van der Waals surface area contributed by atoms with Gasteiger partial charge in [0.25, 0.3) is 5.89 Å². The van der Waals surface area contributed by atoms with Crippen molar-refractivity contribution < 1.29 is 8.91 Å². The Bertz CT molecular complexity index is 556. The van der Waals surface area contributed by atoms with Crippen molar-refractivity contribution in [1.82, 2.24) is 10.1 Å². The van der Waals surface area contributed by atoms with Crippen LogP contribution in [0, 0.1) is 11.7 Å². The van der Waals surface area contributed by atoms with Gasteiger partial charge in [0.05, 0.1) is 16.6 Å². The minimum atomic E-state index is -0.526. The molecule has 1 aromatic heterocycles. The highest BCUT2D eigenvalue weighted by atomic mass is 35.5. The number of hydrogen-bond donors (Lipinski definition) is 1. The molecule has 2 aromatic rings. The predicted molar refractivity (Wildman–Crippen MR) is 66.5 cm³/mol. The van der Waals surface area contributed by atoms with Crippen LogP contribution in [-0.2, 0) is 0 Å². The third-order valence-electron chi connectivity index (χ3n) is 2.64. The Hall–Kier alpha value is -1.46. The Balaban J connectivity index is 2.38. The SMILES string of the molecule is CC(C)C(N)c1noc(-c2cccc(F)c2Cl)n1. The number of benzene rings is 1. The normalized spacial score (nSPS) is 13.0. The first kappa shape index (κ1) is 13.0. The van der Waals surface area contributed by atoms with E-state index in [0.717, 1.165) is 0 Å². The first-order chi connectivity index (χ1) is 8.50. The van der Waals surface area contributed by atoms with Crippen LogP contribution in [-0.4, -0.2) is 10.1 Å². The molecule has 4 nitrogen and oxygen atoms in total. The summed E-state index contributed by atoms with van der Waals surface area (Å²) in [5, 5.41) is 3.76. The molecule has 0 fully saturated rings. The molecule has 0 saturated heterocycles. The molecule has 0 aliphatic heterocycles. The monoisotopic (exact) mass is 269 g/mol. The van der Waals surface area contributed by atoms with Gasteiger partial charge in [0.1, 0.15) is 5.82 Å². The Morgan fingerprint density at radius 1 is 1.39 bits per heavy atom. The Morgan fingerprint density at radius 3 is 2.78 bits per heavy atom. The van der Waals surface area contributed by atoms with Crippen LogP contribution in [0.15, 0.2) is 22.7 Å². The molecular formula is C12H13ClFN3O. The molecule has 1 atom stereocenters. The van der Waals surface area contributed by atoms with Crippen LogP contribution >= 0.6 is 11.6 Å². The number of rotatable bonds is 3. The number of nitrogens with two attached hydrogens (primary N) is 1. The zero-order valence-corrected chi connectivity index (χ0v) is 10.8. The third-order valence-corrected chi connectivity index (χ3v) is 3.02. The molecule has 0 radical (unpaired) electrons. The van der Waals surface area contributed by atoms with Crippen LogP contribution in [0.5, 0.6) is 0 Å². The molecule has 0 aliphatic rings. The molecule has 1 heterocycles. The van der Waals surface area contributed by atoms with Gasteiger partial charge < -0.3 is 10.3 Å². The number of hydrogen-bond acceptors (Lipinski definition) is 4. The Morgan fingerprint density at radius 2 is 2.11 bits per heavy atom. The van der Waals surface area contributed by atoms with Crippen LogP contribution in [0.3, 0.4) is 0 Å². The second-order valence-electron chi connectivity index (χ2n) is 4.33. The topological polar surface area (TPSA) is 64.9 Å². The van der Waals surface area contributed by atoms with Gasteiger partial charge in [-0.05, 0) is 18.1 Å². The van der Waals surface area contributed by atoms with Gasteiger partial charge in [-0.25, -0.2) is 4.39 Å². The molecule has 96 valence electrons. The number of aromatic nitrogens is 2. The van der Waals surface area contributed by atoms with Gasteiger partial charge in [0.15, 0.2) is 5.82 Å². The lowest BCUT2D eigenvalue weighted by molar-refractivity contribution is 0.400. The maximum absolute atomic E-state index is 13.3. The van der Waals surface area contributed by atoms with Crippen molar-refractivity contribution in [1.29, 1.82) is 0 Å². The van der Waals surface area contributed by atoms with Crippen molar-refractivity contribution in [2.45, 2.75) is 19.9 Å². The molecule has 18 heavy (non-hydrogen) atoms. The molecule has 0 amide bonds. The van der Waals surface area contributed by atoms with E-state index in [0.29, 0.717) is 11.4 Å². The van der Waals surface area contributed by atoms with E-state index in [9.17, 15) is 4.39 Å². The van der Waals surface area contributed by atoms with Crippen molar-refractivity contribution >= 4 is 11.6 Å². The molecule has 1 unspecified atom stereocenters. The lowest BCUT2D eigenvalue weighted by atomic mass is 10.1. The van der Waals surface area contributed by atoms with Crippen molar-refractivity contribution in [3.8, 4) is 11.5 Å². The quantitative estimate of drug-likeness (QED) is 0.929. The summed E-state index contributed by atoms with van der Waals surface area (Å²) in [6, 6.07) is 4.09. The predicted octanol–water partition coefficient (Wildman–Crippen LogP) is 3.18. The molecule has 0 aliphatic carbocycles. The van der Waals surface area contributed by atoms with Gasteiger partial charge in [-0.1, -0.05) is 36.7 Å². The fourth-order valence-electron chi connectivity index (χ4n) is 1.45. The van der Waals surface area contributed by atoms with Crippen LogP contribution in [0.1, 0.15) is 25.7 Å². The summed E-state index contributed by atoms with van der Waals surface area (Å²) in [4.78, 5) is 4.15. The average molecular weight is 270 g/mol. The first-order valence-corrected chi connectivity index (χ1v) is 5.92. The van der Waals surface area contributed by atoms with Crippen LogP contribution in [0.4, 0.5) is 4.39 Å². The van der Waals surface area contributed by atoms with E-state index in [1.807, 2.05) is 13.8 Å². The zero-order chi connectivity index (χ0) is 13.3. The summed E-state index contributed by atoms with van der Waals surface area (Å²) in [5.74, 6) is 0.214. The largest absolute Gasteiger partial charge is 0.334 e. The minimum absolute atomic E-state index is 0.0363. The van der Waals surface area contributed by atoms with E-state index in [-0.39, 0.29) is 22.9 Å². The Labute approximate surface area is 109 Å². The van der Waals surface area contributed by atoms with E-state index in [1.165, 1.54) is 12.1 Å². The lowest BCUT2D eigenvalue weighted by Crippen LogP contribution is -2.18. The van der Waals surface area contributed by atoms with E-state index in [1.54, 1.807) is 6.07 Å². The maximum Gasteiger partial charge on any atom is 0.259 e. The van der Waals surface area contributed by atoms with Crippen molar-refractivity contribution in [3.63, 3.8) is 0 Å². The van der Waals surface area contributed by atoms with E-state index in [2.05, 4.69) is 10.1 Å². The summed E-state index contributed by atoms with van der Waals surface area (Å²) in [5.41, 5.74) is 6.27. The van der Waals surface area contributed by atoms with Crippen molar-refractivity contribution in [3.05, 3.63) is 34.9 Å². The number of nitrogens with zero attached hydrogens (tertiary/aromatic N) is 2. The molecular weight excluding hydrogens is 257 g/mol. The molecule has 0 spiro atoms. The van der Waals surface area contributed by atoms with Gasteiger partial charge in [-0.2, -0.15) is 4.98 Å². The second kappa shape index (κ2) is 5.04. The van der Waals surface area contributed by atoms with Crippen LogP contribution in [0.25, 0.3) is 11.5 Å². The van der Waals surface area contributed by atoms with E-state index >= 15 is 0 Å². The van der Waals surface area contributed by atoms with Gasteiger partial charge in [0, 0.05) is 0 Å². The molecule has 6 heteroatoms. The van der Waals surface area contributed by atoms with Crippen LogP contribution < -0.4 is 5.73 Å². The summed E-state index contributed by atoms with van der Waals surface area (Å²) in [7, 11) is 0. The average Bonchev–Trinajstić information content (AvgIpc) is 2.80. The highest BCUT2D eigenvalue weighted by molar-refractivity contribution is 6.33. The van der Waals surface area contributed by atoms with Crippen molar-refractivity contribution in [2.75, 3.05) is 0 Å². The van der Waals surface area contributed by atoms with Gasteiger partial charge in [-0.3, -0.25) is 0 Å². The minimum Gasteiger partial charge on any atom is -0.334 e. The summed E-state index contributed by atoms with van der Waals surface area (Å²) in [6.07, 6.45) is 0. The molecule has 0 saturated carbocycles. The lowest BCUT2D eigenvalue weighted by Gasteiger charge is -2.09. The second-order valence-corrected chi connectivity index (χ2v) is 4.71. The Kier molecular flexibility index (Phi) is 3.63. The molecule has 1 aromatic carbocycles. The smallest absolute Gasteiger partial charge is 0.259 e. The van der Waals surface area contributed by atoms with Gasteiger partial charge in [0.2, 0.25) is 0 Å². The van der Waals surface area contributed by atoms with Gasteiger partial charge in [-0.15, -0.1) is 0 Å². The summed E-state index contributed by atoms with van der Waals surface area (Å²) >= 11 is 5.85. The summed E-state index contributed by atoms with van der Waals surface area (Å²) < 4.78 is 18.4. The van der Waals surface area contributed by atoms with Gasteiger partial charge >= 0.3 is 0 Å². The highest BCUT2D eigenvalue weighted by Gasteiger charge is 2.20. The zero-order valence-electron chi connectivity index (χ0n) is 10.0. The van der Waals surface area contributed by atoms with Crippen LogP contribution in [0.2, 0.25) is 5.02 Å². The van der Waals surface area contributed by atoms with E-state index < -0.39 is 5.82 Å². The summed E-state index contributed by atoms with van der Waals surface area (Å²) in [6.45, 7) is 3.91. The third kappa shape index (κ3) is 2.37. The fraction of sp³-hybridized carbons (Fsp3) is 0.333. The highest BCUT2D eigenvalue weighted by Crippen LogP contribution is 2.29. The first-order valence-electron chi connectivity index (χ1n) is 5.54. The molecule has 0 bridgehead atoms. The van der Waals surface area contributed by atoms with E-state index in [4.69, 9.17) is 21.9 Å². The fourth-order valence-corrected chi connectivity index (χ4v) is 1.65. The molecule has 2 rings (SSSR count). The molecule has 2 N–H and O–H groups in total. The maximum atomic E-state index is 13.3.